The smallest absolute Gasteiger partial charge is 0.177 e. The van der Waals surface area contributed by atoms with E-state index in [1.54, 1.807) is 30.3 Å². The fourth-order valence-corrected chi connectivity index (χ4v) is 2.84. The molecule has 0 N–H and O–H groups in total. The van der Waals surface area contributed by atoms with Gasteiger partial charge in [0, 0.05) is 0 Å². The Morgan fingerprint density at radius 2 is 1.69 bits per heavy atom. The third-order valence-electron chi connectivity index (χ3n) is 2.63. The van der Waals surface area contributed by atoms with Crippen LogP contribution in [0.15, 0.2) is 30.8 Å². The van der Waals surface area contributed by atoms with E-state index in [1.807, 2.05) is 0 Å². The molecule has 88 valence electrons. The molecule has 0 atom stereocenters. The molecule has 0 aliphatic rings. The van der Waals surface area contributed by atoms with Crippen molar-refractivity contribution in [3.8, 4) is 0 Å². The lowest BCUT2D eigenvalue weighted by molar-refractivity contribution is -0.0564. The van der Waals surface area contributed by atoms with Gasteiger partial charge in [-0.1, -0.05) is 55.6 Å². The Balaban J connectivity index is 2.84. The summed E-state index contributed by atoms with van der Waals surface area (Å²) in [7, 11) is -3.20. The minimum absolute atomic E-state index is 0.133. The molecule has 0 amide bonds. The predicted octanol–water partition coefficient (Wildman–Crippen LogP) is 4.22. The lowest BCUT2D eigenvalue weighted by Gasteiger charge is -2.25. The predicted molar refractivity (Wildman–Crippen MR) is 63.8 cm³/mol. The lowest BCUT2D eigenvalue weighted by Crippen LogP contribution is -2.46. The molecule has 1 rings (SSSR count). The molecule has 0 aliphatic carbocycles. The van der Waals surface area contributed by atoms with Crippen LogP contribution in [-0.4, -0.2) is 13.9 Å². The molecule has 1 aromatic carbocycles. The molecule has 16 heavy (non-hydrogen) atoms. The molecule has 0 radical (unpaired) electrons. The summed E-state index contributed by atoms with van der Waals surface area (Å²) in [6, 6.07) is 7.22. The standard InChI is InChI=1S/C12H15F3Si/c1-4-10-5-7-11(8-6-10)9-16(2,3)12(13,14)15/h4-8H,1,9H2,2-3H3. The molecule has 0 saturated heterocycles. The molecule has 0 heterocycles. The van der Waals surface area contributed by atoms with Crippen LogP contribution in [0.4, 0.5) is 13.2 Å². The van der Waals surface area contributed by atoms with E-state index in [-0.39, 0.29) is 6.04 Å². The summed E-state index contributed by atoms with van der Waals surface area (Å²) in [5.74, 6) is -4.04. The van der Waals surface area contributed by atoms with Crippen molar-refractivity contribution in [3.05, 3.63) is 42.0 Å². The maximum atomic E-state index is 12.7. The molecule has 0 aliphatic heterocycles. The van der Waals surface area contributed by atoms with Crippen molar-refractivity contribution in [2.75, 3.05) is 0 Å². The molecule has 0 bridgehead atoms. The van der Waals surface area contributed by atoms with Gasteiger partial charge in [0.2, 0.25) is 0 Å². The minimum atomic E-state index is -4.04. The number of halogens is 3. The Morgan fingerprint density at radius 3 is 2.06 bits per heavy atom. The second-order valence-corrected chi connectivity index (χ2v) is 9.19. The first-order valence-corrected chi connectivity index (χ1v) is 8.25. The van der Waals surface area contributed by atoms with Crippen LogP contribution in [0.25, 0.3) is 6.08 Å². The maximum absolute atomic E-state index is 12.7. The zero-order valence-corrected chi connectivity index (χ0v) is 10.4. The van der Waals surface area contributed by atoms with Crippen LogP contribution in [0, 0.1) is 0 Å². The van der Waals surface area contributed by atoms with Gasteiger partial charge in [0.25, 0.3) is 0 Å². The van der Waals surface area contributed by atoms with Gasteiger partial charge >= 0.3 is 5.80 Å². The van der Waals surface area contributed by atoms with Crippen molar-refractivity contribution < 1.29 is 13.2 Å². The first-order chi connectivity index (χ1) is 7.26. The van der Waals surface area contributed by atoms with Crippen molar-refractivity contribution >= 4 is 14.1 Å². The number of benzene rings is 1. The van der Waals surface area contributed by atoms with Gasteiger partial charge in [-0.25, -0.2) is 0 Å². The molecule has 0 unspecified atom stereocenters. The Morgan fingerprint density at radius 1 is 1.19 bits per heavy atom. The molecule has 1 aromatic rings. The van der Waals surface area contributed by atoms with E-state index < -0.39 is 13.9 Å². The summed E-state index contributed by atoms with van der Waals surface area (Å²) in [5.41, 5.74) is 1.68. The highest BCUT2D eigenvalue weighted by atomic mass is 28.3. The molecule has 0 spiro atoms. The molecule has 4 heteroatoms. The summed E-state index contributed by atoms with van der Waals surface area (Å²) in [4.78, 5) is 0. The molecular weight excluding hydrogens is 229 g/mol. The molecule has 0 nitrogen and oxygen atoms in total. The summed E-state index contributed by atoms with van der Waals surface area (Å²) in [6.07, 6.45) is 1.68. The molecule has 0 saturated carbocycles. The zero-order chi connectivity index (χ0) is 12.4. The van der Waals surface area contributed by atoms with Gasteiger partial charge in [0.1, 0.15) is 0 Å². The van der Waals surface area contributed by atoms with E-state index in [2.05, 4.69) is 6.58 Å². The Hall–Kier alpha value is -1.03. The lowest BCUT2D eigenvalue weighted by atomic mass is 10.1. The fraction of sp³-hybridized carbons (Fsp3) is 0.333. The van der Waals surface area contributed by atoms with Crippen LogP contribution in [0.2, 0.25) is 13.1 Å². The van der Waals surface area contributed by atoms with Crippen LogP contribution in [-0.2, 0) is 6.04 Å². The molecule has 0 fully saturated rings. The van der Waals surface area contributed by atoms with Crippen molar-refractivity contribution in [1.82, 2.24) is 0 Å². The number of hydrogen-bond donors (Lipinski definition) is 0. The maximum Gasteiger partial charge on any atom is 0.361 e. The first kappa shape index (κ1) is 13.0. The van der Waals surface area contributed by atoms with Crippen molar-refractivity contribution in [1.29, 1.82) is 0 Å². The normalized spacial score (nSPS) is 12.6. The van der Waals surface area contributed by atoms with E-state index in [9.17, 15) is 13.2 Å². The Kier molecular flexibility index (Phi) is 3.63. The van der Waals surface area contributed by atoms with Gasteiger partial charge in [-0.15, -0.1) is 0 Å². The topological polar surface area (TPSA) is 0 Å². The summed E-state index contributed by atoms with van der Waals surface area (Å²) >= 11 is 0. The van der Waals surface area contributed by atoms with Crippen LogP contribution in [0.3, 0.4) is 0 Å². The summed E-state index contributed by atoms with van der Waals surface area (Å²) in [6.45, 7) is 6.31. The number of hydrogen-bond acceptors (Lipinski definition) is 0. The van der Waals surface area contributed by atoms with Crippen molar-refractivity contribution in [3.63, 3.8) is 0 Å². The second kappa shape index (κ2) is 4.45. The second-order valence-electron chi connectivity index (χ2n) is 4.50. The highest BCUT2D eigenvalue weighted by Crippen LogP contribution is 2.31. The van der Waals surface area contributed by atoms with Crippen molar-refractivity contribution in [2.24, 2.45) is 0 Å². The van der Waals surface area contributed by atoms with Crippen LogP contribution in [0.5, 0.6) is 0 Å². The van der Waals surface area contributed by atoms with Crippen LogP contribution >= 0.6 is 0 Å². The zero-order valence-electron chi connectivity index (χ0n) is 9.43. The number of alkyl halides is 3. The van der Waals surface area contributed by atoms with E-state index in [0.717, 1.165) is 11.1 Å². The highest BCUT2D eigenvalue weighted by molar-refractivity contribution is 6.78. The third-order valence-corrected chi connectivity index (χ3v) is 5.46. The van der Waals surface area contributed by atoms with E-state index in [0.29, 0.717) is 0 Å². The third kappa shape index (κ3) is 2.98. The van der Waals surface area contributed by atoms with Gasteiger partial charge in [0.05, 0.1) is 0 Å². The average molecular weight is 244 g/mol. The highest BCUT2D eigenvalue weighted by Gasteiger charge is 2.49. The quantitative estimate of drug-likeness (QED) is 0.698. The van der Waals surface area contributed by atoms with E-state index in [4.69, 9.17) is 0 Å². The van der Waals surface area contributed by atoms with Crippen LogP contribution in [0.1, 0.15) is 11.1 Å². The largest absolute Gasteiger partial charge is 0.361 e. The Labute approximate surface area is 94.8 Å². The fourth-order valence-electron chi connectivity index (χ4n) is 1.38. The average Bonchev–Trinajstić information content (AvgIpc) is 2.16. The van der Waals surface area contributed by atoms with E-state index >= 15 is 0 Å². The Bertz CT molecular complexity index is 363. The van der Waals surface area contributed by atoms with Crippen LogP contribution < -0.4 is 0 Å². The van der Waals surface area contributed by atoms with Gasteiger partial charge in [-0.2, -0.15) is 13.2 Å². The minimum Gasteiger partial charge on any atom is -0.177 e. The summed E-state index contributed by atoms with van der Waals surface area (Å²) in [5, 5.41) is 0. The summed E-state index contributed by atoms with van der Waals surface area (Å²) < 4.78 is 38.1. The monoisotopic (exact) mass is 244 g/mol. The molecule has 0 aromatic heterocycles. The van der Waals surface area contributed by atoms with Gasteiger partial charge in [0.15, 0.2) is 8.07 Å². The van der Waals surface area contributed by atoms with Gasteiger partial charge in [-0.05, 0) is 11.6 Å². The van der Waals surface area contributed by atoms with Gasteiger partial charge in [-0.3, -0.25) is 0 Å². The van der Waals surface area contributed by atoms with E-state index in [1.165, 1.54) is 13.1 Å². The molecular formula is C12H15F3Si. The number of rotatable bonds is 3. The van der Waals surface area contributed by atoms with Gasteiger partial charge < -0.3 is 0 Å². The van der Waals surface area contributed by atoms with Crippen molar-refractivity contribution in [2.45, 2.75) is 24.9 Å². The SMILES string of the molecule is C=Cc1ccc(C[Si](C)(C)C(F)(F)F)cc1. The first-order valence-electron chi connectivity index (χ1n) is 5.04.